The molecule has 0 atom stereocenters. The van der Waals surface area contributed by atoms with Crippen LogP contribution in [-0.4, -0.2) is 63.6 Å². The third-order valence-corrected chi connectivity index (χ3v) is 5.18. The Bertz CT molecular complexity index is 1100. The molecule has 3 aromatic rings. The standard InChI is InChI=1S/C22H24N6O3/c1-3-31-17-6-4-16(5-7-17)18-8-10-20(24-23-18)27-12-14-28(15-13-27)22(30)19-9-11-21(29)26(2)25-19/h4-11H,3,12-15H2,1-2H3. The normalized spacial score (nSPS) is 13.9. The summed E-state index contributed by atoms with van der Waals surface area (Å²) in [5.74, 6) is 1.44. The molecule has 160 valence electrons. The van der Waals surface area contributed by atoms with E-state index in [-0.39, 0.29) is 17.2 Å². The lowest BCUT2D eigenvalue weighted by Gasteiger charge is -2.35. The number of carbonyl (C=O) groups excluding carboxylic acids is 1. The first-order chi connectivity index (χ1) is 15.0. The molecule has 1 saturated heterocycles. The van der Waals surface area contributed by atoms with Crippen molar-refractivity contribution in [2.24, 2.45) is 7.05 Å². The fourth-order valence-corrected chi connectivity index (χ4v) is 3.45. The Hall–Kier alpha value is -3.75. The number of hydrogen-bond acceptors (Lipinski definition) is 7. The van der Waals surface area contributed by atoms with Gasteiger partial charge in [-0.1, -0.05) is 0 Å². The van der Waals surface area contributed by atoms with Crippen molar-refractivity contribution in [3.63, 3.8) is 0 Å². The van der Waals surface area contributed by atoms with Gasteiger partial charge in [0, 0.05) is 44.9 Å². The Labute approximate surface area is 179 Å². The fraction of sp³-hybridized carbons (Fsp3) is 0.318. The quantitative estimate of drug-likeness (QED) is 0.619. The maximum absolute atomic E-state index is 12.7. The number of carbonyl (C=O) groups is 1. The lowest BCUT2D eigenvalue weighted by atomic mass is 10.1. The number of benzene rings is 1. The van der Waals surface area contributed by atoms with Crippen molar-refractivity contribution < 1.29 is 9.53 Å². The number of hydrogen-bond donors (Lipinski definition) is 0. The van der Waals surface area contributed by atoms with Crippen molar-refractivity contribution in [1.82, 2.24) is 24.9 Å². The second kappa shape index (κ2) is 8.95. The summed E-state index contributed by atoms with van der Waals surface area (Å²) in [6.07, 6.45) is 0. The molecule has 1 fully saturated rings. The van der Waals surface area contributed by atoms with E-state index in [0.717, 1.165) is 22.8 Å². The minimum atomic E-state index is -0.242. The maximum atomic E-state index is 12.7. The molecule has 1 aliphatic rings. The summed E-state index contributed by atoms with van der Waals surface area (Å²) in [7, 11) is 1.53. The Morgan fingerprint density at radius 2 is 1.71 bits per heavy atom. The number of amides is 1. The van der Waals surface area contributed by atoms with Crippen LogP contribution < -0.4 is 15.2 Å². The first-order valence-electron chi connectivity index (χ1n) is 10.2. The second-order valence-electron chi connectivity index (χ2n) is 7.19. The van der Waals surface area contributed by atoms with Crippen LogP contribution in [0.3, 0.4) is 0 Å². The zero-order chi connectivity index (χ0) is 21.8. The summed E-state index contributed by atoms with van der Waals surface area (Å²) in [5, 5.41) is 12.8. The van der Waals surface area contributed by atoms with Crippen molar-refractivity contribution in [1.29, 1.82) is 0 Å². The molecule has 0 radical (unpaired) electrons. The molecule has 1 aliphatic heterocycles. The molecule has 0 saturated carbocycles. The lowest BCUT2D eigenvalue weighted by Crippen LogP contribution is -2.49. The third kappa shape index (κ3) is 4.55. The van der Waals surface area contributed by atoms with Crippen molar-refractivity contribution in [2.75, 3.05) is 37.7 Å². The van der Waals surface area contributed by atoms with E-state index >= 15 is 0 Å². The highest BCUT2D eigenvalue weighted by Gasteiger charge is 2.24. The number of ether oxygens (including phenoxy) is 1. The topological polar surface area (TPSA) is 93.5 Å². The summed E-state index contributed by atoms with van der Waals surface area (Å²) < 4.78 is 6.64. The van der Waals surface area contributed by atoms with Crippen LogP contribution in [0.1, 0.15) is 17.4 Å². The van der Waals surface area contributed by atoms with Crippen LogP contribution in [0.25, 0.3) is 11.3 Å². The summed E-state index contributed by atoms with van der Waals surface area (Å²) in [6.45, 7) is 4.98. The van der Waals surface area contributed by atoms with E-state index in [2.05, 4.69) is 20.2 Å². The van der Waals surface area contributed by atoms with Crippen molar-refractivity contribution in [3.05, 3.63) is 64.6 Å². The predicted molar refractivity (Wildman–Crippen MR) is 116 cm³/mol. The molecule has 4 rings (SSSR count). The molecule has 31 heavy (non-hydrogen) atoms. The molecule has 0 bridgehead atoms. The van der Waals surface area contributed by atoms with Crippen LogP contribution >= 0.6 is 0 Å². The predicted octanol–water partition coefficient (Wildman–Crippen LogP) is 1.60. The van der Waals surface area contributed by atoms with E-state index in [1.165, 1.54) is 23.9 Å². The minimum Gasteiger partial charge on any atom is -0.494 e. The Morgan fingerprint density at radius 1 is 0.968 bits per heavy atom. The van der Waals surface area contributed by atoms with Gasteiger partial charge in [-0.15, -0.1) is 10.2 Å². The Kier molecular flexibility index (Phi) is 5.92. The second-order valence-corrected chi connectivity index (χ2v) is 7.19. The molecule has 0 spiro atoms. The molecular formula is C22H24N6O3. The largest absolute Gasteiger partial charge is 0.494 e. The number of rotatable bonds is 5. The van der Waals surface area contributed by atoms with Gasteiger partial charge in [0.05, 0.1) is 12.3 Å². The van der Waals surface area contributed by atoms with Gasteiger partial charge >= 0.3 is 0 Å². The molecule has 0 unspecified atom stereocenters. The average Bonchev–Trinajstić information content (AvgIpc) is 2.81. The van der Waals surface area contributed by atoms with E-state index in [1.54, 1.807) is 4.90 Å². The highest BCUT2D eigenvalue weighted by molar-refractivity contribution is 5.92. The lowest BCUT2D eigenvalue weighted by molar-refractivity contribution is 0.0738. The van der Waals surface area contributed by atoms with Crippen molar-refractivity contribution in [3.8, 4) is 17.0 Å². The summed E-state index contributed by atoms with van der Waals surface area (Å²) in [6, 6.07) is 14.5. The number of piperazine rings is 1. The van der Waals surface area contributed by atoms with Crippen molar-refractivity contribution in [2.45, 2.75) is 6.92 Å². The van der Waals surface area contributed by atoms with Crippen LogP contribution in [0, 0.1) is 0 Å². The molecule has 2 aromatic heterocycles. The third-order valence-electron chi connectivity index (χ3n) is 5.18. The molecular weight excluding hydrogens is 396 g/mol. The first kappa shape index (κ1) is 20.5. The zero-order valence-corrected chi connectivity index (χ0v) is 17.6. The van der Waals surface area contributed by atoms with E-state index < -0.39 is 0 Å². The van der Waals surface area contributed by atoms with Crippen LogP contribution in [0.15, 0.2) is 53.3 Å². The number of aromatic nitrogens is 4. The smallest absolute Gasteiger partial charge is 0.274 e. The van der Waals surface area contributed by atoms with Gasteiger partial charge in [-0.2, -0.15) is 5.10 Å². The molecule has 9 heteroatoms. The van der Waals surface area contributed by atoms with Gasteiger partial charge in [0.1, 0.15) is 11.4 Å². The molecule has 1 amide bonds. The Balaban J connectivity index is 1.38. The van der Waals surface area contributed by atoms with Gasteiger partial charge in [0.2, 0.25) is 0 Å². The molecule has 3 heterocycles. The number of nitrogens with zero attached hydrogens (tertiary/aromatic N) is 6. The summed E-state index contributed by atoms with van der Waals surface area (Å²) in [5.41, 5.74) is 1.80. The van der Waals surface area contributed by atoms with E-state index in [4.69, 9.17) is 4.74 Å². The molecule has 0 aliphatic carbocycles. The average molecular weight is 420 g/mol. The van der Waals surface area contributed by atoms with E-state index in [0.29, 0.717) is 32.8 Å². The molecule has 1 aromatic carbocycles. The van der Waals surface area contributed by atoms with Gasteiger partial charge in [-0.3, -0.25) is 9.59 Å². The van der Waals surface area contributed by atoms with E-state index in [9.17, 15) is 9.59 Å². The highest BCUT2D eigenvalue weighted by Crippen LogP contribution is 2.22. The summed E-state index contributed by atoms with van der Waals surface area (Å²) >= 11 is 0. The van der Waals surface area contributed by atoms with E-state index in [1.807, 2.05) is 43.3 Å². The highest BCUT2D eigenvalue weighted by atomic mass is 16.5. The number of aryl methyl sites for hydroxylation is 1. The van der Waals surface area contributed by atoms with Gasteiger partial charge < -0.3 is 14.5 Å². The Morgan fingerprint density at radius 3 is 2.32 bits per heavy atom. The van der Waals surface area contributed by atoms with Gasteiger partial charge in [-0.05, 0) is 49.4 Å². The van der Waals surface area contributed by atoms with Gasteiger partial charge in [0.25, 0.3) is 11.5 Å². The van der Waals surface area contributed by atoms with Gasteiger partial charge in [0.15, 0.2) is 5.82 Å². The zero-order valence-electron chi connectivity index (χ0n) is 17.6. The number of anilines is 1. The molecule has 9 nitrogen and oxygen atoms in total. The van der Waals surface area contributed by atoms with Crippen LogP contribution in [0.4, 0.5) is 5.82 Å². The SMILES string of the molecule is CCOc1ccc(-c2ccc(N3CCN(C(=O)c4ccc(=O)n(C)n4)CC3)nn2)cc1. The van der Waals surface area contributed by atoms with Crippen LogP contribution in [0.5, 0.6) is 5.75 Å². The van der Waals surface area contributed by atoms with Crippen LogP contribution in [-0.2, 0) is 7.05 Å². The van der Waals surface area contributed by atoms with Crippen molar-refractivity contribution >= 4 is 11.7 Å². The summed E-state index contributed by atoms with van der Waals surface area (Å²) in [4.78, 5) is 28.0. The monoisotopic (exact) mass is 420 g/mol. The maximum Gasteiger partial charge on any atom is 0.274 e. The molecule has 0 N–H and O–H groups in total. The van der Waals surface area contributed by atoms with Crippen LogP contribution in [0.2, 0.25) is 0 Å². The minimum absolute atomic E-state index is 0.174. The first-order valence-corrected chi connectivity index (χ1v) is 10.2. The van der Waals surface area contributed by atoms with Gasteiger partial charge in [-0.25, -0.2) is 4.68 Å². The fourth-order valence-electron chi connectivity index (χ4n) is 3.45.